The molecular formula is C15H19N3O2. The van der Waals surface area contributed by atoms with E-state index in [0.29, 0.717) is 12.4 Å². The Morgan fingerprint density at radius 1 is 1.15 bits per heavy atom. The number of carbonyl (C=O) groups is 1. The van der Waals surface area contributed by atoms with Crippen LogP contribution in [0.25, 0.3) is 10.9 Å². The number of pyridine rings is 1. The molecule has 0 spiro atoms. The predicted octanol–water partition coefficient (Wildman–Crippen LogP) is 1.69. The van der Waals surface area contributed by atoms with Crippen molar-refractivity contribution in [1.82, 2.24) is 9.88 Å². The Bertz CT molecular complexity index is 598. The molecule has 2 rings (SSSR count). The summed E-state index contributed by atoms with van der Waals surface area (Å²) in [5.41, 5.74) is 0.880. The zero-order valence-corrected chi connectivity index (χ0v) is 11.8. The molecule has 106 valence electrons. The molecule has 1 aromatic carbocycles. The summed E-state index contributed by atoms with van der Waals surface area (Å²) in [5.74, 6) is -0.147. The van der Waals surface area contributed by atoms with Crippen LogP contribution < -0.4 is 4.90 Å². The minimum Gasteiger partial charge on any atom is -0.480 e. The first-order valence-corrected chi connectivity index (χ1v) is 6.53. The van der Waals surface area contributed by atoms with Crippen molar-refractivity contribution in [3.63, 3.8) is 0 Å². The molecule has 0 aliphatic heterocycles. The van der Waals surface area contributed by atoms with Crippen LogP contribution >= 0.6 is 0 Å². The average molecular weight is 273 g/mol. The quantitative estimate of drug-likeness (QED) is 0.868. The molecule has 1 N–H and O–H groups in total. The van der Waals surface area contributed by atoms with Crippen LogP contribution in [0.3, 0.4) is 0 Å². The van der Waals surface area contributed by atoms with Crippen molar-refractivity contribution in [3.8, 4) is 0 Å². The molecule has 20 heavy (non-hydrogen) atoms. The molecule has 0 atom stereocenters. The maximum atomic E-state index is 11.0. The molecule has 0 saturated heterocycles. The van der Waals surface area contributed by atoms with E-state index in [9.17, 15) is 4.79 Å². The third kappa shape index (κ3) is 3.68. The van der Waals surface area contributed by atoms with Crippen molar-refractivity contribution in [1.29, 1.82) is 0 Å². The Balaban J connectivity index is 2.26. The largest absolute Gasteiger partial charge is 0.480 e. The zero-order chi connectivity index (χ0) is 14.5. The Labute approximate surface area is 118 Å². The summed E-state index contributed by atoms with van der Waals surface area (Å²) in [6.07, 6.45) is 0. The van der Waals surface area contributed by atoms with Gasteiger partial charge in [0.05, 0.1) is 5.52 Å². The molecule has 0 aliphatic rings. The first kappa shape index (κ1) is 14.3. The van der Waals surface area contributed by atoms with E-state index in [-0.39, 0.29) is 6.54 Å². The average Bonchev–Trinajstić information content (AvgIpc) is 2.42. The lowest BCUT2D eigenvalue weighted by atomic mass is 10.2. The second-order valence-electron chi connectivity index (χ2n) is 4.98. The topological polar surface area (TPSA) is 56.7 Å². The van der Waals surface area contributed by atoms with Crippen LogP contribution in [0.2, 0.25) is 0 Å². The molecule has 1 aromatic heterocycles. The SMILES string of the molecule is CN(C)CCN(CC(=O)O)c1ccc2ccccc2n1. The molecule has 0 radical (unpaired) electrons. The number of nitrogens with zero attached hydrogens (tertiary/aromatic N) is 3. The van der Waals surface area contributed by atoms with Gasteiger partial charge in [-0.1, -0.05) is 18.2 Å². The summed E-state index contributed by atoms with van der Waals surface area (Å²) in [5, 5.41) is 10.1. The van der Waals surface area contributed by atoms with Gasteiger partial charge < -0.3 is 14.9 Å². The lowest BCUT2D eigenvalue weighted by molar-refractivity contribution is -0.135. The van der Waals surface area contributed by atoms with E-state index in [1.54, 1.807) is 4.90 Å². The number of hydrogen-bond acceptors (Lipinski definition) is 4. The van der Waals surface area contributed by atoms with Crippen LogP contribution in [0.1, 0.15) is 0 Å². The van der Waals surface area contributed by atoms with E-state index >= 15 is 0 Å². The summed E-state index contributed by atoms with van der Waals surface area (Å²) in [6, 6.07) is 11.7. The molecule has 5 heteroatoms. The molecule has 0 saturated carbocycles. The van der Waals surface area contributed by atoms with Gasteiger partial charge in [-0.2, -0.15) is 0 Å². The highest BCUT2D eigenvalue weighted by Crippen LogP contribution is 2.17. The number of likely N-dealkylation sites (N-methyl/N-ethyl adjacent to an activating group) is 1. The van der Waals surface area contributed by atoms with Gasteiger partial charge in [-0.3, -0.25) is 4.79 Å². The van der Waals surface area contributed by atoms with Gasteiger partial charge in [0, 0.05) is 18.5 Å². The van der Waals surface area contributed by atoms with Gasteiger partial charge in [0.25, 0.3) is 0 Å². The van der Waals surface area contributed by atoms with Crippen molar-refractivity contribution in [2.45, 2.75) is 0 Å². The molecule has 5 nitrogen and oxygen atoms in total. The maximum absolute atomic E-state index is 11.0. The number of fused-ring (bicyclic) bond motifs is 1. The van der Waals surface area contributed by atoms with Gasteiger partial charge in [0.15, 0.2) is 0 Å². The number of carboxylic acid groups (broad SMARTS) is 1. The van der Waals surface area contributed by atoms with Gasteiger partial charge in [-0.05, 0) is 32.3 Å². The number of hydrogen-bond donors (Lipinski definition) is 1. The van der Waals surface area contributed by atoms with Crippen molar-refractivity contribution in [3.05, 3.63) is 36.4 Å². The summed E-state index contributed by atoms with van der Waals surface area (Å²) >= 11 is 0. The minimum atomic E-state index is -0.848. The van der Waals surface area contributed by atoms with E-state index in [1.807, 2.05) is 55.4 Å². The van der Waals surface area contributed by atoms with Crippen LogP contribution in [0.4, 0.5) is 5.82 Å². The normalized spacial score (nSPS) is 10.9. The first-order chi connectivity index (χ1) is 9.56. The summed E-state index contributed by atoms with van der Waals surface area (Å²) in [7, 11) is 3.93. The predicted molar refractivity (Wildman–Crippen MR) is 80.1 cm³/mol. The Morgan fingerprint density at radius 3 is 2.60 bits per heavy atom. The van der Waals surface area contributed by atoms with Crippen LogP contribution in [0.5, 0.6) is 0 Å². The van der Waals surface area contributed by atoms with E-state index in [0.717, 1.165) is 17.4 Å². The van der Waals surface area contributed by atoms with Gasteiger partial charge in [0.1, 0.15) is 12.4 Å². The Morgan fingerprint density at radius 2 is 1.90 bits per heavy atom. The lowest BCUT2D eigenvalue weighted by Gasteiger charge is -2.23. The second-order valence-corrected chi connectivity index (χ2v) is 4.98. The number of rotatable bonds is 6. The van der Waals surface area contributed by atoms with Crippen LogP contribution in [0.15, 0.2) is 36.4 Å². The fourth-order valence-electron chi connectivity index (χ4n) is 1.99. The molecule has 2 aromatic rings. The summed E-state index contributed by atoms with van der Waals surface area (Å²) in [4.78, 5) is 19.4. The fraction of sp³-hybridized carbons (Fsp3) is 0.333. The van der Waals surface area contributed by atoms with Crippen LogP contribution in [0, 0.1) is 0 Å². The smallest absolute Gasteiger partial charge is 0.323 e. The zero-order valence-electron chi connectivity index (χ0n) is 11.8. The highest BCUT2D eigenvalue weighted by molar-refractivity contribution is 5.81. The fourth-order valence-corrected chi connectivity index (χ4v) is 1.99. The molecule has 1 heterocycles. The van der Waals surface area contributed by atoms with Gasteiger partial charge in [0.2, 0.25) is 0 Å². The molecular weight excluding hydrogens is 254 g/mol. The van der Waals surface area contributed by atoms with E-state index in [2.05, 4.69) is 4.98 Å². The number of aliphatic carboxylic acids is 1. The third-order valence-corrected chi connectivity index (χ3v) is 3.05. The standard InChI is InChI=1S/C15H19N3O2/c1-17(2)9-10-18(11-15(19)20)14-8-7-12-5-3-4-6-13(12)16-14/h3-8H,9-11H2,1-2H3,(H,19,20). The molecule has 0 bridgehead atoms. The number of carboxylic acids is 1. The monoisotopic (exact) mass is 273 g/mol. The highest BCUT2D eigenvalue weighted by Gasteiger charge is 2.12. The Kier molecular flexibility index (Phi) is 4.53. The van der Waals surface area contributed by atoms with Crippen molar-refractivity contribution in [2.24, 2.45) is 0 Å². The van der Waals surface area contributed by atoms with Crippen molar-refractivity contribution < 1.29 is 9.90 Å². The first-order valence-electron chi connectivity index (χ1n) is 6.53. The second kappa shape index (κ2) is 6.34. The van der Waals surface area contributed by atoms with Gasteiger partial charge in [-0.15, -0.1) is 0 Å². The van der Waals surface area contributed by atoms with E-state index < -0.39 is 5.97 Å². The lowest BCUT2D eigenvalue weighted by Crippen LogP contribution is -2.36. The molecule has 0 amide bonds. The number of anilines is 1. The van der Waals surface area contributed by atoms with Gasteiger partial charge >= 0.3 is 5.97 Å². The van der Waals surface area contributed by atoms with Crippen LogP contribution in [-0.4, -0.2) is 54.7 Å². The number of aromatic nitrogens is 1. The highest BCUT2D eigenvalue weighted by atomic mass is 16.4. The summed E-state index contributed by atoms with van der Waals surface area (Å²) < 4.78 is 0. The maximum Gasteiger partial charge on any atom is 0.323 e. The minimum absolute atomic E-state index is 0.0425. The van der Waals surface area contributed by atoms with E-state index in [4.69, 9.17) is 5.11 Å². The summed E-state index contributed by atoms with van der Waals surface area (Å²) in [6.45, 7) is 1.37. The van der Waals surface area contributed by atoms with Crippen molar-refractivity contribution in [2.75, 3.05) is 38.6 Å². The number of benzene rings is 1. The van der Waals surface area contributed by atoms with Crippen molar-refractivity contribution >= 4 is 22.7 Å². The molecule has 0 unspecified atom stereocenters. The van der Waals surface area contributed by atoms with E-state index in [1.165, 1.54) is 0 Å². The molecule has 0 fully saturated rings. The third-order valence-electron chi connectivity index (χ3n) is 3.05. The molecule has 0 aliphatic carbocycles. The number of para-hydroxylation sites is 1. The Hall–Kier alpha value is -2.14. The van der Waals surface area contributed by atoms with Gasteiger partial charge in [-0.25, -0.2) is 4.98 Å². The van der Waals surface area contributed by atoms with Crippen LogP contribution in [-0.2, 0) is 4.79 Å².